The van der Waals surface area contributed by atoms with Gasteiger partial charge in [-0.1, -0.05) is 28.3 Å². The zero-order valence-electron chi connectivity index (χ0n) is 18.7. The number of carbonyl (C=O) groups is 3. The molecule has 2 aromatic rings. The zero-order valence-corrected chi connectivity index (χ0v) is 22.0. The SMILES string of the molecule is Cc1nnc(SCC2=C(C(=O)O)N3C(=O)C(NC(=O)/C(=N/OCCCN)c4nsc(N)n4)[C@H]3SC2)s1. The molecular formula is C18H21N9O5S4. The zero-order chi connectivity index (χ0) is 25.8. The van der Waals surface area contributed by atoms with E-state index in [1.54, 1.807) is 0 Å². The molecule has 0 radical (unpaired) electrons. The van der Waals surface area contributed by atoms with Crippen LogP contribution in [0, 0.1) is 6.92 Å². The van der Waals surface area contributed by atoms with Crippen LogP contribution in [0.25, 0.3) is 0 Å². The number of hydrogen-bond donors (Lipinski definition) is 4. The van der Waals surface area contributed by atoms with Crippen LogP contribution < -0.4 is 16.8 Å². The fourth-order valence-electron chi connectivity index (χ4n) is 3.26. The molecule has 6 N–H and O–H groups in total. The summed E-state index contributed by atoms with van der Waals surface area (Å²) in [6.45, 7) is 2.38. The Morgan fingerprint density at radius 3 is 2.83 bits per heavy atom. The van der Waals surface area contributed by atoms with E-state index in [2.05, 4.69) is 30.0 Å². The van der Waals surface area contributed by atoms with Crippen molar-refractivity contribution in [2.24, 2.45) is 10.9 Å². The van der Waals surface area contributed by atoms with Gasteiger partial charge < -0.3 is 26.7 Å². The molecule has 2 aliphatic rings. The highest BCUT2D eigenvalue weighted by atomic mass is 32.2. The van der Waals surface area contributed by atoms with E-state index in [1.165, 1.54) is 39.8 Å². The number of aryl methyl sites for hydroxylation is 1. The van der Waals surface area contributed by atoms with Crippen molar-refractivity contribution in [2.45, 2.75) is 29.1 Å². The number of hydrogen-bond acceptors (Lipinski definition) is 15. The van der Waals surface area contributed by atoms with Gasteiger partial charge >= 0.3 is 5.97 Å². The van der Waals surface area contributed by atoms with Crippen molar-refractivity contribution in [3.63, 3.8) is 0 Å². The molecule has 2 aliphatic heterocycles. The molecule has 4 rings (SSSR count). The van der Waals surface area contributed by atoms with E-state index < -0.39 is 29.2 Å². The van der Waals surface area contributed by atoms with Gasteiger partial charge in [-0.3, -0.25) is 14.5 Å². The lowest BCUT2D eigenvalue weighted by atomic mass is 10.0. The second-order valence-corrected chi connectivity index (χ2v) is 11.7. The lowest BCUT2D eigenvalue weighted by Crippen LogP contribution is -2.71. The monoisotopic (exact) mass is 571 g/mol. The summed E-state index contributed by atoms with van der Waals surface area (Å²) in [7, 11) is 0. The maximum atomic E-state index is 13.0. The number of nitrogen functional groups attached to an aromatic ring is 1. The Balaban J connectivity index is 1.47. The Morgan fingerprint density at radius 2 is 2.19 bits per heavy atom. The molecule has 2 aromatic heterocycles. The number of thioether (sulfide) groups is 2. The van der Waals surface area contributed by atoms with Gasteiger partial charge in [0.1, 0.15) is 28.7 Å². The summed E-state index contributed by atoms with van der Waals surface area (Å²) >= 11 is 5.02. The Morgan fingerprint density at radius 1 is 1.39 bits per heavy atom. The number of fused-ring (bicyclic) bond motifs is 1. The summed E-state index contributed by atoms with van der Waals surface area (Å²) in [5.41, 5.74) is 11.3. The van der Waals surface area contributed by atoms with E-state index in [-0.39, 0.29) is 29.0 Å². The number of nitrogens with two attached hydrogens (primary N) is 2. The first-order valence-electron chi connectivity index (χ1n) is 10.4. The van der Waals surface area contributed by atoms with E-state index in [4.69, 9.17) is 16.3 Å². The van der Waals surface area contributed by atoms with Crippen LogP contribution in [0.3, 0.4) is 0 Å². The summed E-state index contributed by atoms with van der Waals surface area (Å²) in [4.78, 5) is 48.3. The van der Waals surface area contributed by atoms with Crippen LogP contribution in [-0.2, 0) is 19.2 Å². The Labute approximate surface area is 221 Å². The van der Waals surface area contributed by atoms with E-state index in [1.807, 2.05) is 6.92 Å². The quantitative estimate of drug-likeness (QED) is 0.0911. The van der Waals surface area contributed by atoms with Gasteiger partial charge in [-0.2, -0.15) is 9.36 Å². The number of anilines is 1. The molecule has 18 heteroatoms. The molecular weight excluding hydrogens is 551 g/mol. The molecule has 0 aromatic carbocycles. The van der Waals surface area contributed by atoms with Crippen molar-refractivity contribution in [3.8, 4) is 0 Å². The molecule has 2 atom stereocenters. The van der Waals surface area contributed by atoms with Crippen LogP contribution in [0.15, 0.2) is 20.8 Å². The summed E-state index contributed by atoms with van der Waals surface area (Å²) in [6, 6.07) is -0.956. The number of carboxylic acid groups (broad SMARTS) is 1. The van der Waals surface area contributed by atoms with E-state index in [0.29, 0.717) is 34.4 Å². The molecule has 4 heterocycles. The molecule has 1 unspecified atom stereocenters. The highest BCUT2D eigenvalue weighted by molar-refractivity contribution is 8.01. The van der Waals surface area contributed by atoms with Gasteiger partial charge in [-0.15, -0.1) is 22.0 Å². The number of amides is 2. The largest absolute Gasteiger partial charge is 0.477 e. The minimum absolute atomic E-state index is 0.0416. The van der Waals surface area contributed by atoms with E-state index in [9.17, 15) is 19.5 Å². The number of nitrogens with zero attached hydrogens (tertiary/aromatic N) is 6. The van der Waals surface area contributed by atoms with E-state index >= 15 is 0 Å². The van der Waals surface area contributed by atoms with Gasteiger partial charge in [0.15, 0.2) is 9.47 Å². The summed E-state index contributed by atoms with van der Waals surface area (Å²) in [5, 5.41) is 24.6. The number of carbonyl (C=O) groups excluding carboxylic acids is 2. The van der Waals surface area contributed by atoms with Crippen LogP contribution >= 0.6 is 46.4 Å². The highest BCUT2D eigenvalue weighted by Gasteiger charge is 2.54. The second-order valence-electron chi connectivity index (χ2n) is 7.37. The molecule has 0 bridgehead atoms. The first kappa shape index (κ1) is 26.3. The molecule has 36 heavy (non-hydrogen) atoms. The molecule has 14 nitrogen and oxygen atoms in total. The van der Waals surface area contributed by atoms with Crippen LogP contribution in [0.1, 0.15) is 17.3 Å². The second kappa shape index (κ2) is 11.5. The smallest absolute Gasteiger partial charge is 0.352 e. The number of nitrogens with one attached hydrogen (secondary N) is 1. The predicted octanol–water partition coefficient (Wildman–Crippen LogP) is -0.119. The molecule has 0 aliphatic carbocycles. The predicted molar refractivity (Wildman–Crippen MR) is 136 cm³/mol. The fourth-order valence-corrected chi connectivity index (χ4v) is 7.00. The number of carboxylic acids is 1. The average molecular weight is 572 g/mol. The number of β-lactam (4-membered cyclic amide) rings is 1. The summed E-state index contributed by atoms with van der Waals surface area (Å²) < 4.78 is 4.71. The van der Waals surface area contributed by atoms with Crippen molar-refractivity contribution < 1.29 is 24.3 Å². The highest BCUT2D eigenvalue weighted by Crippen LogP contribution is 2.41. The van der Waals surface area contributed by atoms with Gasteiger partial charge in [0, 0.05) is 23.0 Å². The van der Waals surface area contributed by atoms with Crippen LogP contribution in [0.5, 0.6) is 0 Å². The molecule has 0 spiro atoms. The number of aromatic nitrogens is 4. The maximum absolute atomic E-state index is 13.0. The third-order valence-corrected chi connectivity index (χ3v) is 8.82. The molecule has 0 saturated carbocycles. The minimum Gasteiger partial charge on any atom is -0.477 e. The van der Waals surface area contributed by atoms with Gasteiger partial charge in [0.25, 0.3) is 11.8 Å². The number of aliphatic carboxylic acids is 1. The van der Waals surface area contributed by atoms with Crippen LogP contribution in [0.4, 0.5) is 5.13 Å². The molecule has 2 amide bonds. The fraction of sp³-hybridized carbons (Fsp3) is 0.444. The normalized spacial score (nSPS) is 19.7. The van der Waals surface area contributed by atoms with Gasteiger partial charge in [-0.05, 0) is 25.5 Å². The number of rotatable bonds is 11. The Kier molecular flexibility index (Phi) is 8.39. The Bertz CT molecular complexity index is 1230. The third-order valence-electron chi connectivity index (χ3n) is 4.88. The van der Waals surface area contributed by atoms with Crippen molar-refractivity contribution >= 4 is 75.0 Å². The van der Waals surface area contributed by atoms with Crippen molar-refractivity contribution in [2.75, 3.05) is 30.4 Å². The third kappa shape index (κ3) is 5.61. The lowest BCUT2D eigenvalue weighted by molar-refractivity contribution is -0.150. The van der Waals surface area contributed by atoms with Gasteiger partial charge in [-0.25, -0.2) is 4.79 Å². The maximum Gasteiger partial charge on any atom is 0.352 e. The molecule has 1 fully saturated rings. The lowest BCUT2D eigenvalue weighted by Gasteiger charge is -2.49. The Hall–Kier alpha value is -2.80. The van der Waals surface area contributed by atoms with Crippen molar-refractivity contribution in [1.82, 2.24) is 29.8 Å². The molecule has 1 saturated heterocycles. The molecule has 192 valence electrons. The van der Waals surface area contributed by atoms with E-state index in [0.717, 1.165) is 16.5 Å². The van der Waals surface area contributed by atoms with Crippen LogP contribution in [0.2, 0.25) is 0 Å². The first-order chi connectivity index (χ1) is 17.3. The summed E-state index contributed by atoms with van der Waals surface area (Å²) in [6.07, 6.45) is 0.517. The van der Waals surface area contributed by atoms with Crippen LogP contribution in [-0.4, -0.2) is 89.1 Å². The average Bonchev–Trinajstić information content (AvgIpc) is 3.47. The summed E-state index contributed by atoms with van der Waals surface area (Å²) in [5.74, 6) is -1.81. The van der Waals surface area contributed by atoms with Gasteiger partial charge in [0.05, 0.1) is 0 Å². The standard InChI is InChI=1S/C18H21N9O5S4/c1-7-23-24-18(35-7)34-6-8-5-33-15-10(14(29)27(15)11(8)16(30)31)21-13(28)9(25-32-4-2-3-19)12-22-17(20)36-26-12/h10,15H,2-6,19H2,1H3,(H,21,28)(H,30,31)(H2,20,22,26)/b25-9+/t10?,15-/m1/s1. The number of oxime groups is 1. The first-order valence-corrected chi connectivity index (χ1v) is 14.1. The topological polar surface area (TPSA) is 212 Å². The minimum atomic E-state index is -1.21. The van der Waals surface area contributed by atoms with Crippen molar-refractivity contribution in [3.05, 3.63) is 22.1 Å². The van der Waals surface area contributed by atoms with Crippen molar-refractivity contribution in [1.29, 1.82) is 0 Å². The van der Waals surface area contributed by atoms with Gasteiger partial charge in [0.2, 0.25) is 11.5 Å².